The van der Waals surface area contributed by atoms with Gasteiger partial charge in [0, 0.05) is 42.1 Å². The fourth-order valence-electron chi connectivity index (χ4n) is 4.94. The van der Waals surface area contributed by atoms with Gasteiger partial charge in [-0.25, -0.2) is 18.4 Å². The number of benzene rings is 3. The van der Waals surface area contributed by atoms with Gasteiger partial charge in [-0.3, -0.25) is 9.10 Å². The number of fused-ring (bicyclic) bond motifs is 2. The summed E-state index contributed by atoms with van der Waals surface area (Å²) < 4.78 is 44.7. The molecule has 0 unspecified atom stereocenters. The van der Waals surface area contributed by atoms with Gasteiger partial charge in [0.05, 0.1) is 30.8 Å². The van der Waals surface area contributed by atoms with Crippen LogP contribution in [-0.2, 0) is 10.0 Å². The van der Waals surface area contributed by atoms with E-state index in [9.17, 15) is 13.2 Å². The van der Waals surface area contributed by atoms with Crippen molar-refractivity contribution in [3.63, 3.8) is 0 Å². The van der Waals surface area contributed by atoms with Crippen molar-refractivity contribution in [3.8, 4) is 39.9 Å². The zero-order chi connectivity index (χ0) is 30.5. The number of anilines is 1. The summed E-state index contributed by atoms with van der Waals surface area (Å²) >= 11 is 0. The van der Waals surface area contributed by atoms with E-state index in [1.165, 1.54) is 20.4 Å². The summed E-state index contributed by atoms with van der Waals surface area (Å²) in [7, 11) is 0.735. The van der Waals surface area contributed by atoms with Crippen LogP contribution in [0.2, 0.25) is 0 Å². The molecule has 0 aliphatic rings. The van der Waals surface area contributed by atoms with Crippen molar-refractivity contribution in [2.24, 2.45) is 0 Å². The fourth-order valence-corrected chi connectivity index (χ4v) is 5.45. The predicted octanol–water partition coefficient (Wildman–Crippen LogP) is 6.04. The average molecular weight is 597 g/mol. The molecule has 0 bridgehead atoms. The number of carbonyl (C=O) groups excluding carboxylic acids is 1. The maximum Gasteiger partial charge on any atom is 0.255 e. The normalized spacial score (nSPS) is 11.7. The summed E-state index contributed by atoms with van der Waals surface area (Å²) in [4.78, 5) is 22.5. The number of para-hydroxylation sites is 1. The van der Waals surface area contributed by atoms with Gasteiger partial charge in [-0.1, -0.05) is 48.0 Å². The van der Waals surface area contributed by atoms with Gasteiger partial charge in [0.1, 0.15) is 22.6 Å². The Morgan fingerprint density at radius 1 is 1.00 bits per heavy atom. The second-order valence-corrected chi connectivity index (χ2v) is 12.1. The highest BCUT2D eigenvalue weighted by Crippen LogP contribution is 2.43. The lowest BCUT2D eigenvalue weighted by Crippen LogP contribution is -2.25. The van der Waals surface area contributed by atoms with Gasteiger partial charge in [0.2, 0.25) is 10.0 Å². The number of aromatic nitrogens is 2. The van der Waals surface area contributed by atoms with Crippen LogP contribution < -0.4 is 14.4 Å². The van der Waals surface area contributed by atoms with Gasteiger partial charge in [-0.15, -0.1) is 0 Å². The SMILES string of the molecule is CNC(=O)c1c(-c2ccc(C)cc2)oc2cc(N(C)S(C)(=O)=O)c(-c3nc(-c4cc5ccccc5o4)ncc3OC)cc12. The number of hydrogen-bond donors (Lipinski definition) is 1. The molecule has 218 valence electrons. The lowest BCUT2D eigenvalue weighted by atomic mass is 10.00. The number of nitrogens with one attached hydrogen (secondary N) is 1. The van der Waals surface area contributed by atoms with E-state index in [4.69, 9.17) is 18.6 Å². The van der Waals surface area contributed by atoms with Gasteiger partial charge in [0.25, 0.3) is 5.91 Å². The molecular formula is C32H28N4O6S. The standard InChI is InChI=1S/C32H28N4O6S/c1-18-10-12-19(13-11-18)30-28(32(37)33-2)22-15-21(23(16-25(22)42-30)36(3)43(5,38)39)29-27(40-4)17-34-31(35-29)26-14-20-8-6-7-9-24(20)41-26/h6-17H,1-5H3,(H,33,37). The molecule has 43 heavy (non-hydrogen) atoms. The fraction of sp³-hybridized carbons (Fsp3) is 0.156. The first-order valence-electron chi connectivity index (χ1n) is 13.3. The minimum atomic E-state index is -3.73. The Labute approximate surface area is 248 Å². The molecule has 10 nitrogen and oxygen atoms in total. The summed E-state index contributed by atoms with van der Waals surface area (Å²) in [5.74, 6) is 1.00. The van der Waals surface area contributed by atoms with E-state index in [1.807, 2.05) is 61.5 Å². The number of aryl methyl sites for hydroxylation is 1. The van der Waals surface area contributed by atoms with Crippen LogP contribution in [0.15, 0.2) is 81.8 Å². The topological polar surface area (TPSA) is 128 Å². The Kier molecular flexibility index (Phi) is 6.89. The second-order valence-electron chi connectivity index (χ2n) is 10.1. The lowest BCUT2D eigenvalue weighted by Gasteiger charge is -2.21. The molecule has 0 radical (unpaired) electrons. The van der Waals surface area contributed by atoms with Gasteiger partial charge < -0.3 is 18.9 Å². The van der Waals surface area contributed by atoms with Crippen molar-refractivity contribution < 1.29 is 26.8 Å². The van der Waals surface area contributed by atoms with E-state index in [1.54, 1.807) is 19.2 Å². The molecule has 1 N–H and O–H groups in total. The van der Waals surface area contributed by atoms with E-state index in [0.717, 1.165) is 21.5 Å². The maximum atomic E-state index is 13.3. The Hall–Kier alpha value is -5.16. The highest BCUT2D eigenvalue weighted by Gasteiger charge is 2.28. The van der Waals surface area contributed by atoms with Gasteiger partial charge >= 0.3 is 0 Å². The molecule has 3 aromatic heterocycles. The molecule has 0 saturated carbocycles. The van der Waals surface area contributed by atoms with Gasteiger partial charge in [-0.05, 0) is 25.1 Å². The molecule has 0 spiro atoms. The maximum absolute atomic E-state index is 13.3. The summed E-state index contributed by atoms with van der Waals surface area (Å²) in [6.07, 6.45) is 2.61. The van der Waals surface area contributed by atoms with E-state index >= 15 is 0 Å². The Morgan fingerprint density at radius 3 is 2.42 bits per heavy atom. The number of ether oxygens (including phenoxy) is 1. The largest absolute Gasteiger partial charge is 0.493 e. The summed E-state index contributed by atoms with van der Waals surface area (Å²) in [6.45, 7) is 1.97. The third-order valence-corrected chi connectivity index (χ3v) is 8.48. The average Bonchev–Trinajstić information content (AvgIpc) is 3.61. The number of nitrogens with zero attached hydrogens (tertiary/aromatic N) is 3. The lowest BCUT2D eigenvalue weighted by molar-refractivity contribution is 0.0964. The third kappa shape index (κ3) is 4.97. The van der Waals surface area contributed by atoms with E-state index in [-0.39, 0.29) is 17.4 Å². The number of hydrogen-bond acceptors (Lipinski definition) is 8. The molecule has 3 aromatic carbocycles. The number of carbonyl (C=O) groups is 1. The van der Waals surface area contributed by atoms with Crippen LogP contribution in [0.4, 0.5) is 5.69 Å². The smallest absolute Gasteiger partial charge is 0.255 e. The summed E-state index contributed by atoms with van der Waals surface area (Å²) in [5, 5.41) is 4.06. The third-order valence-electron chi connectivity index (χ3n) is 7.29. The summed E-state index contributed by atoms with van der Waals surface area (Å²) in [6, 6.07) is 20.3. The molecule has 0 fully saturated rings. The quantitative estimate of drug-likeness (QED) is 0.236. The minimum absolute atomic E-state index is 0.273. The number of amides is 1. The second kappa shape index (κ2) is 10.6. The predicted molar refractivity (Wildman–Crippen MR) is 166 cm³/mol. The highest BCUT2D eigenvalue weighted by molar-refractivity contribution is 7.92. The van der Waals surface area contributed by atoms with Crippen LogP contribution in [0.5, 0.6) is 5.75 Å². The van der Waals surface area contributed by atoms with Crippen LogP contribution in [0.1, 0.15) is 15.9 Å². The number of furan rings is 2. The molecule has 6 aromatic rings. The summed E-state index contributed by atoms with van der Waals surface area (Å²) in [5.41, 5.74) is 4.03. The molecule has 0 saturated heterocycles. The molecule has 6 rings (SSSR count). The van der Waals surface area contributed by atoms with Crippen molar-refractivity contribution in [1.29, 1.82) is 0 Å². The molecule has 11 heteroatoms. The number of sulfonamides is 1. The van der Waals surface area contributed by atoms with E-state index < -0.39 is 10.0 Å². The van der Waals surface area contributed by atoms with Crippen LogP contribution in [0, 0.1) is 6.92 Å². The molecular weight excluding hydrogens is 568 g/mol. The Bertz CT molecular complexity index is 2100. The molecule has 0 aliphatic heterocycles. The number of methoxy groups -OCH3 is 1. The minimum Gasteiger partial charge on any atom is -0.493 e. The molecule has 3 heterocycles. The van der Waals surface area contributed by atoms with Crippen LogP contribution in [0.3, 0.4) is 0 Å². The van der Waals surface area contributed by atoms with Crippen molar-refractivity contribution in [1.82, 2.24) is 15.3 Å². The monoisotopic (exact) mass is 596 g/mol. The number of rotatable bonds is 7. The zero-order valence-corrected chi connectivity index (χ0v) is 24.9. The van der Waals surface area contributed by atoms with Crippen LogP contribution >= 0.6 is 0 Å². The van der Waals surface area contributed by atoms with Crippen molar-refractivity contribution >= 4 is 43.6 Å². The van der Waals surface area contributed by atoms with Crippen LogP contribution in [-0.4, -0.2) is 51.8 Å². The zero-order valence-electron chi connectivity index (χ0n) is 24.1. The van der Waals surface area contributed by atoms with Crippen molar-refractivity contribution in [3.05, 3.63) is 84.1 Å². The Morgan fingerprint density at radius 2 is 1.74 bits per heavy atom. The molecule has 0 aliphatic carbocycles. The van der Waals surface area contributed by atoms with E-state index in [0.29, 0.717) is 56.2 Å². The van der Waals surface area contributed by atoms with Crippen LogP contribution in [0.25, 0.3) is 56.1 Å². The Balaban J connectivity index is 1.65. The van der Waals surface area contributed by atoms with Crippen molar-refractivity contribution in [2.75, 3.05) is 31.8 Å². The first-order valence-corrected chi connectivity index (χ1v) is 15.2. The van der Waals surface area contributed by atoms with E-state index in [2.05, 4.69) is 10.3 Å². The molecule has 1 amide bonds. The van der Waals surface area contributed by atoms with Crippen molar-refractivity contribution in [2.45, 2.75) is 6.92 Å². The highest BCUT2D eigenvalue weighted by atomic mass is 32.2. The van der Waals surface area contributed by atoms with Gasteiger partial charge in [-0.2, -0.15) is 0 Å². The molecule has 0 atom stereocenters. The van der Waals surface area contributed by atoms with Gasteiger partial charge in [0.15, 0.2) is 17.3 Å². The first-order chi connectivity index (χ1) is 20.6. The first kappa shape index (κ1) is 28.0.